The third-order valence-corrected chi connectivity index (χ3v) is 7.15. The Hall–Kier alpha value is -2.24. The van der Waals surface area contributed by atoms with Crippen molar-refractivity contribution in [1.29, 1.82) is 0 Å². The van der Waals surface area contributed by atoms with Crippen molar-refractivity contribution in [2.24, 2.45) is 5.92 Å². The SMILES string of the molecule is CC(C)CC(NC(=O)OC(C)(C)C)C(=O)NC1CCCN(S(=O)(=O)c2ccc(F)cc2)C[C@@H]1O. The number of rotatable bonds is 7. The molecule has 0 aliphatic carbocycles. The first-order valence-electron chi connectivity index (χ1n) is 11.4. The van der Waals surface area contributed by atoms with Gasteiger partial charge in [0.1, 0.15) is 17.5 Å². The Balaban J connectivity index is 2.08. The fraction of sp³-hybridized carbons (Fsp3) is 0.652. The van der Waals surface area contributed by atoms with Crippen molar-refractivity contribution < 1.29 is 32.2 Å². The minimum absolute atomic E-state index is 0.0675. The van der Waals surface area contributed by atoms with Gasteiger partial charge in [0.25, 0.3) is 0 Å². The minimum atomic E-state index is -3.93. The van der Waals surface area contributed by atoms with Crippen LogP contribution in [0.1, 0.15) is 53.9 Å². The first-order chi connectivity index (χ1) is 15.7. The number of aliphatic hydroxyl groups excluding tert-OH is 1. The molecule has 1 saturated heterocycles. The molecule has 2 unspecified atom stereocenters. The fourth-order valence-electron chi connectivity index (χ4n) is 3.69. The Kier molecular flexibility index (Phi) is 9.44. The van der Waals surface area contributed by atoms with E-state index in [4.69, 9.17) is 4.74 Å². The largest absolute Gasteiger partial charge is 0.444 e. The molecule has 11 heteroatoms. The zero-order valence-electron chi connectivity index (χ0n) is 20.4. The number of amides is 2. The van der Waals surface area contributed by atoms with Crippen LogP contribution in [0.15, 0.2) is 29.2 Å². The molecule has 0 bridgehead atoms. The molecule has 192 valence electrons. The number of nitrogens with zero attached hydrogens (tertiary/aromatic N) is 1. The number of halogens is 1. The normalized spacial score (nSPS) is 20.9. The highest BCUT2D eigenvalue weighted by molar-refractivity contribution is 7.89. The number of carbonyl (C=O) groups excluding carboxylic acids is 2. The molecule has 2 amide bonds. The van der Waals surface area contributed by atoms with E-state index < -0.39 is 51.6 Å². The molecular formula is C23H36FN3O6S. The zero-order valence-corrected chi connectivity index (χ0v) is 21.2. The molecule has 3 N–H and O–H groups in total. The zero-order chi connectivity index (χ0) is 25.7. The number of alkyl carbamates (subject to hydrolysis) is 1. The van der Waals surface area contributed by atoms with E-state index in [1.54, 1.807) is 20.8 Å². The highest BCUT2D eigenvalue weighted by Gasteiger charge is 2.35. The van der Waals surface area contributed by atoms with Crippen molar-refractivity contribution in [2.45, 2.75) is 82.6 Å². The second-order valence-electron chi connectivity index (χ2n) is 9.97. The van der Waals surface area contributed by atoms with Gasteiger partial charge in [-0.05, 0) is 70.2 Å². The number of benzene rings is 1. The van der Waals surface area contributed by atoms with Gasteiger partial charge in [0, 0.05) is 13.1 Å². The van der Waals surface area contributed by atoms with E-state index in [1.807, 2.05) is 13.8 Å². The van der Waals surface area contributed by atoms with E-state index in [0.717, 1.165) is 16.4 Å². The van der Waals surface area contributed by atoms with Crippen LogP contribution in [-0.4, -0.2) is 66.7 Å². The van der Waals surface area contributed by atoms with Gasteiger partial charge in [-0.15, -0.1) is 0 Å². The Bertz CT molecular complexity index is 946. The summed E-state index contributed by atoms with van der Waals surface area (Å²) in [5.41, 5.74) is -0.722. The third-order valence-electron chi connectivity index (χ3n) is 5.27. The van der Waals surface area contributed by atoms with E-state index in [-0.39, 0.29) is 23.9 Å². The summed E-state index contributed by atoms with van der Waals surface area (Å²) in [4.78, 5) is 25.1. The van der Waals surface area contributed by atoms with Crippen molar-refractivity contribution in [3.63, 3.8) is 0 Å². The van der Waals surface area contributed by atoms with Crippen molar-refractivity contribution in [1.82, 2.24) is 14.9 Å². The van der Waals surface area contributed by atoms with Crippen LogP contribution in [0.3, 0.4) is 0 Å². The van der Waals surface area contributed by atoms with E-state index in [1.165, 1.54) is 12.1 Å². The lowest BCUT2D eigenvalue weighted by Crippen LogP contribution is -2.54. The Morgan fingerprint density at radius 3 is 2.41 bits per heavy atom. The van der Waals surface area contributed by atoms with Gasteiger partial charge in [0.2, 0.25) is 15.9 Å². The quantitative estimate of drug-likeness (QED) is 0.527. The molecule has 0 aromatic heterocycles. The molecule has 1 heterocycles. The monoisotopic (exact) mass is 501 g/mol. The van der Waals surface area contributed by atoms with Gasteiger partial charge in [0.15, 0.2) is 0 Å². The van der Waals surface area contributed by atoms with Crippen LogP contribution in [0, 0.1) is 11.7 Å². The van der Waals surface area contributed by atoms with E-state index in [2.05, 4.69) is 10.6 Å². The standard InChI is InChI=1S/C23H36FN3O6S/c1-15(2)13-19(26-22(30)33-23(3,4)5)21(29)25-18-7-6-12-27(14-20(18)28)34(31,32)17-10-8-16(24)9-11-17/h8-11,15,18-20,28H,6-7,12-14H2,1-5H3,(H,25,29)(H,26,30)/t18?,19?,20-/m0/s1. The molecule has 1 aliphatic heterocycles. The maximum absolute atomic E-state index is 13.2. The lowest BCUT2D eigenvalue weighted by molar-refractivity contribution is -0.125. The summed E-state index contributed by atoms with van der Waals surface area (Å²) in [5.74, 6) is -0.923. The Morgan fingerprint density at radius 2 is 1.85 bits per heavy atom. The molecule has 0 saturated carbocycles. The Morgan fingerprint density at radius 1 is 1.24 bits per heavy atom. The van der Waals surface area contributed by atoms with Crippen molar-refractivity contribution >= 4 is 22.0 Å². The van der Waals surface area contributed by atoms with Gasteiger partial charge in [-0.3, -0.25) is 4.79 Å². The first-order valence-corrected chi connectivity index (χ1v) is 12.9. The van der Waals surface area contributed by atoms with Crippen LogP contribution < -0.4 is 10.6 Å². The van der Waals surface area contributed by atoms with E-state index in [9.17, 15) is 27.5 Å². The van der Waals surface area contributed by atoms with Gasteiger partial charge >= 0.3 is 6.09 Å². The van der Waals surface area contributed by atoms with Gasteiger partial charge in [0.05, 0.1) is 17.0 Å². The topological polar surface area (TPSA) is 125 Å². The molecule has 0 spiro atoms. The maximum Gasteiger partial charge on any atom is 0.408 e. The molecular weight excluding hydrogens is 465 g/mol. The molecule has 9 nitrogen and oxygen atoms in total. The lowest BCUT2D eigenvalue weighted by atomic mass is 10.0. The molecule has 1 aliphatic rings. The summed E-state index contributed by atoms with van der Waals surface area (Å²) < 4.78 is 45.5. The summed E-state index contributed by atoms with van der Waals surface area (Å²) >= 11 is 0. The predicted molar refractivity (Wildman–Crippen MR) is 125 cm³/mol. The van der Waals surface area contributed by atoms with Crippen LogP contribution in [0.25, 0.3) is 0 Å². The fourth-order valence-corrected chi connectivity index (χ4v) is 5.18. The number of sulfonamides is 1. The van der Waals surface area contributed by atoms with Gasteiger partial charge in [-0.2, -0.15) is 4.31 Å². The molecule has 3 atom stereocenters. The number of nitrogens with one attached hydrogen (secondary N) is 2. The summed E-state index contributed by atoms with van der Waals surface area (Å²) in [6, 6.07) is 2.92. The van der Waals surface area contributed by atoms with Crippen LogP contribution in [0.2, 0.25) is 0 Å². The summed E-state index contributed by atoms with van der Waals surface area (Å²) in [5, 5.41) is 16.1. The number of ether oxygens (including phenoxy) is 1. The van der Waals surface area contributed by atoms with Gasteiger partial charge in [-0.1, -0.05) is 13.8 Å². The lowest BCUT2D eigenvalue weighted by Gasteiger charge is -2.28. The van der Waals surface area contributed by atoms with E-state index >= 15 is 0 Å². The number of carbonyl (C=O) groups is 2. The van der Waals surface area contributed by atoms with Crippen LogP contribution >= 0.6 is 0 Å². The molecule has 34 heavy (non-hydrogen) atoms. The average Bonchev–Trinajstić information content (AvgIpc) is 2.88. The third kappa shape index (κ3) is 8.21. The second-order valence-corrected chi connectivity index (χ2v) is 11.9. The summed E-state index contributed by atoms with van der Waals surface area (Å²) in [6.07, 6.45) is -0.770. The highest BCUT2D eigenvalue weighted by atomic mass is 32.2. The van der Waals surface area contributed by atoms with Gasteiger partial charge in [-0.25, -0.2) is 17.6 Å². The second kappa shape index (κ2) is 11.5. The van der Waals surface area contributed by atoms with E-state index in [0.29, 0.717) is 19.3 Å². The van der Waals surface area contributed by atoms with Crippen LogP contribution in [-0.2, 0) is 19.6 Å². The summed E-state index contributed by atoms with van der Waals surface area (Å²) in [6.45, 7) is 8.91. The maximum atomic E-state index is 13.2. The number of aliphatic hydroxyl groups is 1. The minimum Gasteiger partial charge on any atom is -0.444 e. The number of hydrogen-bond donors (Lipinski definition) is 3. The predicted octanol–water partition coefficient (Wildman–Crippen LogP) is 2.40. The van der Waals surface area contributed by atoms with Crippen molar-refractivity contribution in [3.05, 3.63) is 30.1 Å². The average molecular weight is 502 g/mol. The number of β-amino-alcohol motifs (C(OH)–C–C–N with tert-alkyl or cyclic N) is 1. The van der Waals surface area contributed by atoms with Crippen molar-refractivity contribution in [2.75, 3.05) is 13.1 Å². The van der Waals surface area contributed by atoms with Crippen molar-refractivity contribution in [3.8, 4) is 0 Å². The number of hydrogen-bond acceptors (Lipinski definition) is 6. The highest BCUT2D eigenvalue weighted by Crippen LogP contribution is 2.21. The van der Waals surface area contributed by atoms with Crippen LogP contribution in [0.5, 0.6) is 0 Å². The van der Waals surface area contributed by atoms with Crippen LogP contribution in [0.4, 0.5) is 9.18 Å². The molecule has 2 rings (SSSR count). The summed E-state index contributed by atoms with van der Waals surface area (Å²) in [7, 11) is -3.93. The molecule has 1 fully saturated rings. The van der Waals surface area contributed by atoms with Gasteiger partial charge < -0.3 is 20.5 Å². The Labute approximate surface area is 201 Å². The molecule has 1 aromatic rings. The first kappa shape index (κ1) is 28.0. The molecule has 0 radical (unpaired) electrons. The molecule has 1 aromatic carbocycles. The smallest absolute Gasteiger partial charge is 0.408 e.